The third-order valence-electron chi connectivity index (χ3n) is 2.82. The van der Waals surface area contributed by atoms with E-state index in [0.717, 1.165) is 30.3 Å². The molecule has 2 aromatic carbocycles. The summed E-state index contributed by atoms with van der Waals surface area (Å²) >= 11 is 0. The topological polar surface area (TPSA) is 38.3 Å². The van der Waals surface area contributed by atoms with E-state index in [9.17, 15) is 26.7 Å². The summed E-state index contributed by atoms with van der Waals surface area (Å²) in [4.78, 5) is 11.8. The molecule has 2 aromatic rings. The van der Waals surface area contributed by atoms with Crippen LogP contribution in [0, 0.1) is 11.6 Å². The van der Waals surface area contributed by atoms with E-state index < -0.39 is 29.7 Å². The zero-order chi connectivity index (χ0) is 17.0. The van der Waals surface area contributed by atoms with Gasteiger partial charge < -0.3 is 10.1 Å². The van der Waals surface area contributed by atoms with Crippen LogP contribution in [0.1, 0.15) is 15.9 Å². The summed E-state index contributed by atoms with van der Waals surface area (Å²) in [6, 6.07) is 7.75. The standard InChI is InChI=1S/C15H10F5NO2/c16-12-3-1-2-10(13(12)17)8-21-14(22)9-4-6-11(7-5-9)23-15(18,19)20/h1-7H,8H2,(H,21,22). The van der Waals surface area contributed by atoms with Gasteiger partial charge in [-0.1, -0.05) is 12.1 Å². The molecule has 2 rings (SSSR count). The van der Waals surface area contributed by atoms with Crippen LogP contribution in [0.4, 0.5) is 22.0 Å². The van der Waals surface area contributed by atoms with Gasteiger partial charge >= 0.3 is 6.36 Å². The molecule has 23 heavy (non-hydrogen) atoms. The van der Waals surface area contributed by atoms with Gasteiger partial charge in [-0.2, -0.15) is 0 Å². The van der Waals surface area contributed by atoms with Crippen LogP contribution >= 0.6 is 0 Å². The summed E-state index contributed by atoms with van der Waals surface area (Å²) in [5.74, 6) is -3.22. The van der Waals surface area contributed by atoms with E-state index in [1.807, 2.05) is 0 Å². The Morgan fingerprint density at radius 2 is 1.70 bits per heavy atom. The van der Waals surface area contributed by atoms with Gasteiger partial charge in [-0.25, -0.2) is 8.78 Å². The zero-order valence-electron chi connectivity index (χ0n) is 11.5. The minimum Gasteiger partial charge on any atom is -0.406 e. The second-order valence-corrected chi connectivity index (χ2v) is 4.47. The molecule has 0 aliphatic rings. The molecule has 0 unspecified atom stereocenters. The van der Waals surface area contributed by atoms with E-state index in [2.05, 4.69) is 10.1 Å². The number of hydrogen-bond acceptors (Lipinski definition) is 2. The molecule has 0 aromatic heterocycles. The highest BCUT2D eigenvalue weighted by Crippen LogP contribution is 2.22. The highest BCUT2D eigenvalue weighted by molar-refractivity contribution is 5.94. The lowest BCUT2D eigenvalue weighted by atomic mass is 10.1. The SMILES string of the molecule is O=C(NCc1cccc(F)c1F)c1ccc(OC(F)(F)F)cc1. The van der Waals surface area contributed by atoms with Gasteiger partial charge in [0.05, 0.1) is 0 Å². The number of halogens is 5. The Labute approximate surface area is 127 Å². The lowest BCUT2D eigenvalue weighted by Gasteiger charge is -2.10. The number of rotatable bonds is 4. The molecule has 122 valence electrons. The molecule has 0 bridgehead atoms. The van der Waals surface area contributed by atoms with Crippen LogP contribution in [-0.4, -0.2) is 12.3 Å². The van der Waals surface area contributed by atoms with Crippen molar-refractivity contribution >= 4 is 5.91 Å². The van der Waals surface area contributed by atoms with Crippen molar-refractivity contribution in [1.29, 1.82) is 0 Å². The summed E-state index contributed by atoms with van der Waals surface area (Å²) in [7, 11) is 0. The van der Waals surface area contributed by atoms with Crippen molar-refractivity contribution in [3.63, 3.8) is 0 Å². The second-order valence-electron chi connectivity index (χ2n) is 4.47. The van der Waals surface area contributed by atoms with Gasteiger partial charge in [-0.05, 0) is 30.3 Å². The number of hydrogen-bond donors (Lipinski definition) is 1. The van der Waals surface area contributed by atoms with Crippen molar-refractivity contribution < 1.29 is 31.5 Å². The fourth-order valence-electron chi connectivity index (χ4n) is 1.77. The molecule has 1 amide bonds. The maximum absolute atomic E-state index is 13.4. The summed E-state index contributed by atoms with van der Waals surface area (Å²) in [5, 5.41) is 2.34. The quantitative estimate of drug-likeness (QED) is 0.866. The molecule has 8 heteroatoms. The van der Waals surface area contributed by atoms with Crippen LogP contribution in [0.5, 0.6) is 5.75 Å². The van der Waals surface area contributed by atoms with Crippen molar-refractivity contribution in [3.8, 4) is 5.75 Å². The fourth-order valence-corrected chi connectivity index (χ4v) is 1.77. The first-order valence-corrected chi connectivity index (χ1v) is 6.33. The highest BCUT2D eigenvalue weighted by atomic mass is 19.4. The minimum absolute atomic E-state index is 0.0459. The summed E-state index contributed by atoms with van der Waals surface area (Å²) in [6.07, 6.45) is -4.82. The predicted octanol–water partition coefficient (Wildman–Crippen LogP) is 3.79. The molecule has 3 nitrogen and oxygen atoms in total. The summed E-state index contributed by atoms with van der Waals surface area (Å²) in [6.45, 7) is -0.261. The second kappa shape index (κ2) is 6.64. The van der Waals surface area contributed by atoms with Crippen LogP contribution in [-0.2, 0) is 6.54 Å². The monoisotopic (exact) mass is 331 g/mol. The van der Waals surface area contributed by atoms with Gasteiger partial charge in [0.1, 0.15) is 5.75 Å². The van der Waals surface area contributed by atoms with Gasteiger partial charge in [0.25, 0.3) is 5.91 Å². The molecule has 0 aliphatic heterocycles. The fraction of sp³-hybridized carbons (Fsp3) is 0.133. The molecule has 0 saturated carbocycles. The zero-order valence-corrected chi connectivity index (χ0v) is 11.5. The van der Waals surface area contributed by atoms with Crippen molar-refractivity contribution in [2.45, 2.75) is 12.9 Å². The number of benzene rings is 2. The number of nitrogens with one attached hydrogen (secondary N) is 1. The first kappa shape index (κ1) is 16.7. The first-order valence-electron chi connectivity index (χ1n) is 6.33. The molecule has 0 fully saturated rings. The first-order chi connectivity index (χ1) is 10.8. The Morgan fingerprint density at radius 3 is 2.30 bits per heavy atom. The van der Waals surface area contributed by atoms with Crippen molar-refractivity contribution in [2.24, 2.45) is 0 Å². The maximum atomic E-state index is 13.4. The molecule has 0 radical (unpaired) electrons. The normalized spacial score (nSPS) is 11.2. The largest absolute Gasteiger partial charge is 0.573 e. The Kier molecular flexibility index (Phi) is 4.83. The molecule has 0 spiro atoms. The van der Waals surface area contributed by atoms with E-state index in [1.54, 1.807) is 0 Å². The van der Waals surface area contributed by atoms with Gasteiger partial charge in [-0.3, -0.25) is 4.79 Å². The van der Waals surface area contributed by atoms with Crippen LogP contribution in [0.25, 0.3) is 0 Å². The summed E-state index contributed by atoms with van der Waals surface area (Å²) in [5.41, 5.74) is 0.00621. The predicted molar refractivity (Wildman–Crippen MR) is 70.7 cm³/mol. The molecule has 1 N–H and O–H groups in total. The van der Waals surface area contributed by atoms with Gasteiger partial charge in [0.15, 0.2) is 11.6 Å². The van der Waals surface area contributed by atoms with Crippen LogP contribution < -0.4 is 10.1 Å². The van der Waals surface area contributed by atoms with E-state index in [-0.39, 0.29) is 17.7 Å². The number of ether oxygens (including phenoxy) is 1. The lowest BCUT2D eigenvalue weighted by molar-refractivity contribution is -0.274. The number of amides is 1. The third kappa shape index (κ3) is 4.67. The van der Waals surface area contributed by atoms with E-state index in [4.69, 9.17) is 0 Å². The van der Waals surface area contributed by atoms with Gasteiger partial charge in [0, 0.05) is 17.7 Å². The lowest BCUT2D eigenvalue weighted by Crippen LogP contribution is -2.23. The van der Waals surface area contributed by atoms with E-state index in [1.165, 1.54) is 12.1 Å². The third-order valence-corrected chi connectivity index (χ3v) is 2.82. The Hall–Kier alpha value is -2.64. The highest BCUT2D eigenvalue weighted by Gasteiger charge is 2.31. The molecule has 0 heterocycles. The van der Waals surface area contributed by atoms with Crippen LogP contribution in [0.3, 0.4) is 0 Å². The van der Waals surface area contributed by atoms with Crippen molar-refractivity contribution in [1.82, 2.24) is 5.32 Å². The minimum atomic E-state index is -4.82. The number of carbonyl (C=O) groups is 1. The van der Waals surface area contributed by atoms with E-state index >= 15 is 0 Å². The Balaban J connectivity index is 1.99. The molecule has 0 aliphatic carbocycles. The average molecular weight is 331 g/mol. The Bertz CT molecular complexity index is 698. The molecule has 0 saturated heterocycles. The maximum Gasteiger partial charge on any atom is 0.573 e. The van der Waals surface area contributed by atoms with Crippen LogP contribution in [0.2, 0.25) is 0 Å². The van der Waals surface area contributed by atoms with Crippen molar-refractivity contribution in [3.05, 3.63) is 65.2 Å². The number of alkyl halides is 3. The van der Waals surface area contributed by atoms with Crippen LogP contribution in [0.15, 0.2) is 42.5 Å². The Morgan fingerprint density at radius 1 is 1.04 bits per heavy atom. The molecular formula is C15H10F5NO2. The summed E-state index contributed by atoms with van der Waals surface area (Å²) < 4.78 is 66.1. The van der Waals surface area contributed by atoms with Gasteiger partial charge in [-0.15, -0.1) is 13.2 Å². The average Bonchev–Trinajstić information content (AvgIpc) is 2.47. The van der Waals surface area contributed by atoms with Gasteiger partial charge in [0.2, 0.25) is 0 Å². The van der Waals surface area contributed by atoms with Crippen molar-refractivity contribution in [2.75, 3.05) is 0 Å². The smallest absolute Gasteiger partial charge is 0.406 e. The molecular weight excluding hydrogens is 321 g/mol. The molecule has 0 atom stereocenters. The van der Waals surface area contributed by atoms with E-state index in [0.29, 0.717) is 0 Å². The number of carbonyl (C=O) groups excluding carboxylic acids is 1.